The summed E-state index contributed by atoms with van der Waals surface area (Å²) in [6.07, 6.45) is 7.86. The summed E-state index contributed by atoms with van der Waals surface area (Å²) < 4.78 is 0. The molecule has 0 unspecified atom stereocenters. The van der Waals surface area contributed by atoms with E-state index in [2.05, 4.69) is 73.7 Å². The fourth-order valence-electron chi connectivity index (χ4n) is 3.05. The van der Waals surface area contributed by atoms with Crippen LogP contribution in [0.1, 0.15) is 36.5 Å². The van der Waals surface area contributed by atoms with Crippen LogP contribution >= 0.6 is 11.6 Å². The highest BCUT2D eigenvalue weighted by molar-refractivity contribution is 6.30. The van der Waals surface area contributed by atoms with Crippen LogP contribution in [-0.2, 0) is 6.42 Å². The average Bonchev–Trinajstić information content (AvgIpc) is 2.65. The second kappa shape index (κ2) is 8.69. The van der Waals surface area contributed by atoms with Gasteiger partial charge in [-0.2, -0.15) is 0 Å². The van der Waals surface area contributed by atoms with Gasteiger partial charge in [0.1, 0.15) is 0 Å². The van der Waals surface area contributed by atoms with E-state index >= 15 is 0 Å². The Morgan fingerprint density at radius 2 is 1.56 bits per heavy atom. The molecule has 0 aliphatic rings. The van der Waals surface area contributed by atoms with E-state index in [1.165, 1.54) is 35.1 Å². The molecule has 0 atom stereocenters. The van der Waals surface area contributed by atoms with Gasteiger partial charge in [-0.15, -0.1) is 0 Å². The molecule has 3 rings (SSSR count). The molecular formula is C24H23Cl. The van der Waals surface area contributed by atoms with Crippen molar-refractivity contribution in [2.45, 2.75) is 26.2 Å². The van der Waals surface area contributed by atoms with Crippen LogP contribution in [0.2, 0.25) is 5.02 Å². The molecule has 0 aromatic heterocycles. The minimum absolute atomic E-state index is 0.764. The zero-order chi connectivity index (χ0) is 17.5. The molecule has 0 amide bonds. The smallest absolute Gasteiger partial charge is 0.0411 e. The van der Waals surface area contributed by atoms with Crippen molar-refractivity contribution in [1.29, 1.82) is 0 Å². The Morgan fingerprint density at radius 1 is 0.800 bits per heavy atom. The van der Waals surface area contributed by atoms with Crippen molar-refractivity contribution >= 4 is 23.8 Å². The molecule has 0 nitrogen and oxygen atoms in total. The summed E-state index contributed by atoms with van der Waals surface area (Å²) in [7, 11) is 0. The Kier molecular flexibility index (Phi) is 6.09. The fraction of sp³-hybridized carbons (Fsp3) is 0.167. The Labute approximate surface area is 155 Å². The highest BCUT2D eigenvalue weighted by Crippen LogP contribution is 2.29. The Morgan fingerprint density at radius 3 is 2.36 bits per heavy atom. The molecule has 1 heteroatoms. The minimum atomic E-state index is 0.764. The molecule has 0 fully saturated rings. The van der Waals surface area contributed by atoms with E-state index in [1.54, 1.807) is 0 Å². The van der Waals surface area contributed by atoms with Crippen molar-refractivity contribution in [3.8, 4) is 11.1 Å². The lowest BCUT2D eigenvalue weighted by Gasteiger charge is -2.12. The lowest BCUT2D eigenvalue weighted by molar-refractivity contribution is 0.796. The Bertz CT molecular complexity index is 861. The summed E-state index contributed by atoms with van der Waals surface area (Å²) in [6.45, 7) is 2.24. The van der Waals surface area contributed by atoms with Gasteiger partial charge in [-0.1, -0.05) is 97.8 Å². The second-order valence-electron chi connectivity index (χ2n) is 6.24. The van der Waals surface area contributed by atoms with Crippen LogP contribution < -0.4 is 0 Å². The van der Waals surface area contributed by atoms with Crippen molar-refractivity contribution in [2.75, 3.05) is 0 Å². The van der Waals surface area contributed by atoms with Gasteiger partial charge in [0, 0.05) is 5.02 Å². The predicted molar refractivity (Wildman–Crippen MR) is 111 cm³/mol. The zero-order valence-electron chi connectivity index (χ0n) is 14.6. The Hall–Kier alpha value is -2.31. The molecule has 0 aliphatic heterocycles. The van der Waals surface area contributed by atoms with E-state index in [-0.39, 0.29) is 0 Å². The van der Waals surface area contributed by atoms with Crippen LogP contribution in [0, 0.1) is 0 Å². The number of rotatable bonds is 6. The van der Waals surface area contributed by atoms with Crippen molar-refractivity contribution in [2.24, 2.45) is 0 Å². The third-order valence-electron chi connectivity index (χ3n) is 4.37. The third kappa shape index (κ3) is 4.61. The van der Waals surface area contributed by atoms with Crippen LogP contribution in [0.4, 0.5) is 0 Å². The first-order chi connectivity index (χ1) is 12.3. The number of unbranched alkanes of at least 4 members (excludes halogenated alkanes) is 1. The molecule has 126 valence electrons. The van der Waals surface area contributed by atoms with Gasteiger partial charge in [0.25, 0.3) is 0 Å². The lowest BCUT2D eigenvalue weighted by Crippen LogP contribution is -1.92. The maximum Gasteiger partial charge on any atom is 0.0411 e. The highest BCUT2D eigenvalue weighted by Gasteiger charge is 2.07. The minimum Gasteiger partial charge on any atom is -0.0843 e. The average molecular weight is 347 g/mol. The standard InChI is InChI=1S/C24H23Cl/c1-2-3-10-20-11-4-6-14-23(20)24-15-7-5-12-21(24)17-16-19-9-8-13-22(25)18-19/h4-9,11-18H,2-3,10H2,1H3. The summed E-state index contributed by atoms with van der Waals surface area (Å²) in [4.78, 5) is 0. The SMILES string of the molecule is CCCCc1ccccc1-c1ccccc1C=Cc1cccc(Cl)c1. The first kappa shape index (κ1) is 17.5. The third-order valence-corrected chi connectivity index (χ3v) is 4.61. The highest BCUT2D eigenvalue weighted by atomic mass is 35.5. The van der Waals surface area contributed by atoms with E-state index in [0.717, 1.165) is 17.0 Å². The molecule has 0 N–H and O–H groups in total. The number of hydrogen-bond donors (Lipinski definition) is 0. The zero-order valence-corrected chi connectivity index (χ0v) is 15.3. The van der Waals surface area contributed by atoms with E-state index in [0.29, 0.717) is 0 Å². The summed E-state index contributed by atoms with van der Waals surface area (Å²) in [5.41, 5.74) is 6.38. The largest absolute Gasteiger partial charge is 0.0843 e. The van der Waals surface area contributed by atoms with Gasteiger partial charge in [0.15, 0.2) is 0 Å². The summed E-state index contributed by atoms with van der Waals surface area (Å²) >= 11 is 6.09. The van der Waals surface area contributed by atoms with Crippen LogP contribution in [0.3, 0.4) is 0 Å². The van der Waals surface area contributed by atoms with E-state index in [4.69, 9.17) is 11.6 Å². The normalized spacial score (nSPS) is 11.1. The maximum absolute atomic E-state index is 6.09. The number of benzene rings is 3. The van der Waals surface area contributed by atoms with Gasteiger partial charge in [-0.3, -0.25) is 0 Å². The van der Waals surface area contributed by atoms with Gasteiger partial charge >= 0.3 is 0 Å². The molecular weight excluding hydrogens is 324 g/mol. The van der Waals surface area contributed by atoms with Gasteiger partial charge < -0.3 is 0 Å². The van der Waals surface area contributed by atoms with E-state index in [1.807, 2.05) is 18.2 Å². The summed E-state index contributed by atoms with van der Waals surface area (Å²) in [5, 5.41) is 0.764. The molecule has 0 radical (unpaired) electrons. The first-order valence-electron chi connectivity index (χ1n) is 8.89. The molecule has 0 spiro atoms. The number of hydrogen-bond acceptors (Lipinski definition) is 0. The number of aryl methyl sites for hydroxylation is 1. The molecule has 3 aromatic carbocycles. The van der Waals surface area contributed by atoms with Crippen LogP contribution in [-0.4, -0.2) is 0 Å². The second-order valence-corrected chi connectivity index (χ2v) is 6.67. The molecule has 25 heavy (non-hydrogen) atoms. The topological polar surface area (TPSA) is 0 Å². The quantitative estimate of drug-likeness (QED) is 0.405. The van der Waals surface area contributed by atoms with Crippen LogP contribution in [0.5, 0.6) is 0 Å². The van der Waals surface area contributed by atoms with Crippen LogP contribution in [0.15, 0.2) is 72.8 Å². The number of halogens is 1. The van der Waals surface area contributed by atoms with E-state index in [9.17, 15) is 0 Å². The van der Waals surface area contributed by atoms with Gasteiger partial charge in [-0.05, 0) is 52.8 Å². The summed E-state index contributed by atoms with van der Waals surface area (Å²) in [5.74, 6) is 0. The first-order valence-corrected chi connectivity index (χ1v) is 9.26. The maximum atomic E-state index is 6.09. The molecule has 0 saturated carbocycles. The van der Waals surface area contributed by atoms with Crippen molar-refractivity contribution < 1.29 is 0 Å². The summed E-state index contributed by atoms with van der Waals surface area (Å²) in [6, 6.07) is 25.3. The predicted octanol–water partition coefficient (Wildman–Crippen LogP) is 7.52. The molecule has 0 saturated heterocycles. The lowest BCUT2D eigenvalue weighted by atomic mass is 9.92. The molecule has 0 heterocycles. The molecule has 0 bridgehead atoms. The fourth-order valence-corrected chi connectivity index (χ4v) is 3.25. The van der Waals surface area contributed by atoms with Gasteiger partial charge in [-0.25, -0.2) is 0 Å². The van der Waals surface area contributed by atoms with Crippen molar-refractivity contribution in [3.63, 3.8) is 0 Å². The van der Waals surface area contributed by atoms with E-state index < -0.39 is 0 Å². The molecule has 3 aromatic rings. The molecule has 0 aliphatic carbocycles. The van der Waals surface area contributed by atoms with Gasteiger partial charge in [0.05, 0.1) is 0 Å². The van der Waals surface area contributed by atoms with Crippen molar-refractivity contribution in [1.82, 2.24) is 0 Å². The van der Waals surface area contributed by atoms with Crippen molar-refractivity contribution in [3.05, 3.63) is 94.5 Å². The van der Waals surface area contributed by atoms with Crippen LogP contribution in [0.25, 0.3) is 23.3 Å². The Balaban J connectivity index is 1.97. The monoisotopic (exact) mass is 346 g/mol. The van der Waals surface area contributed by atoms with Gasteiger partial charge in [0.2, 0.25) is 0 Å².